The molecule has 2 aliphatic carbocycles. The van der Waals surface area contributed by atoms with E-state index < -0.39 is 41.3 Å². The number of nitrogens with one attached hydrogen (secondary N) is 1. The maximum atomic E-state index is 12.9. The average molecular weight is 442 g/mol. The lowest BCUT2D eigenvalue weighted by Crippen LogP contribution is -2.45. The molecule has 1 aromatic rings. The van der Waals surface area contributed by atoms with Gasteiger partial charge in [-0.2, -0.15) is 0 Å². The van der Waals surface area contributed by atoms with Crippen LogP contribution in [0.15, 0.2) is 12.1 Å². The Hall–Kier alpha value is -3.30. The van der Waals surface area contributed by atoms with Crippen LogP contribution in [0.2, 0.25) is 0 Å². The van der Waals surface area contributed by atoms with Crippen molar-refractivity contribution in [2.24, 2.45) is 17.8 Å². The van der Waals surface area contributed by atoms with Crippen molar-refractivity contribution in [1.29, 1.82) is 0 Å². The van der Waals surface area contributed by atoms with E-state index in [1.54, 1.807) is 26.8 Å². The highest BCUT2D eigenvalue weighted by atomic mass is 16.6. The number of nitro benzene ring substituents is 1. The zero-order valence-electron chi connectivity index (χ0n) is 18.3. The zero-order valence-corrected chi connectivity index (χ0v) is 18.3. The standard InChI is InChI=1S/C22H26N4O6/c1-11-4-7-17(26(31)32)19(12(11)2)23-18(27)10-24-20(28)21(29)25(22(24)30)13(3)16-9-14-5-6-15(16)8-14/h4,7,13-16H,5-6,8-10H2,1-3H3,(H,23,27). The van der Waals surface area contributed by atoms with Crippen LogP contribution in [-0.4, -0.2) is 51.1 Å². The minimum Gasteiger partial charge on any atom is -0.319 e. The van der Waals surface area contributed by atoms with E-state index in [9.17, 15) is 29.3 Å². The summed E-state index contributed by atoms with van der Waals surface area (Å²) in [5, 5.41) is 13.8. The number of carbonyl (C=O) groups excluding carboxylic acids is 4. The summed E-state index contributed by atoms with van der Waals surface area (Å²) in [6, 6.07) is 1.64. The number of nitro groups is 1. The summed E-state index contributed by atoms with van der Waals surface area (Å²) < 4.78 is 0. The molecule has 3 fully saturated rings. The Bertz CT molecular complexity index is 1040. The van der Waals surface area contributed by atoms with Crippen molar-refractivity contribution in [3.05, 3.63) is 33.4 Å². The van der Waals surface area contributed by atoms with E-state index in [1.165, 1.54) is 12.5 Å². The summed E-state index contributed by atoms with van der Waals surface area (Å²) in [7, 11) is 0. The summed E-state index contributed by atoms with van der Waals surface area (Å²) in [4.78, 5) is 63.0. The number of carbonyl (C=O) groups is 4. The first-order chi connectivity index (χ1) is 15.1. The summed E-state index contributed by atoms with van der Waals surface area (Å²) in [6.07, 6.45) is 4.28. The molecule has 10 nitrogen and oxygen atoms in total. The van der Waals surface area contributed by atoms with Crippen LogP contribution in [0.3, 0.4) is 0 Å². The number of benzene rings is 1. The van der Waals surface area contributed by atoms with Gasteiger partial charge in [-0.05, 0) is 68.9 Å². The van der Waals surface area contributed by atoms with Gasteiger partial charge in [0, 0.05) is 12.1 Å². The molecular weight excluding hydrogens is 416 g/mol. The number of imide groups is 2. The molecule has 4 unspecified atom stereocenters. The minimum absolute atomic E-state index is 0.0117. The highest BCUT2D eigenvalue weighted by molar-refractivity contribution is 6.45. The Morgan fingerprint density at radius 3 is 2.50 bits per heavy atom. The lowest BCUT2D eigenvalue weighted by atomic mass is 9.83. The quantitative estimate of drug-likeness (QED) is 0.312. The van der Waals surface area contributed by atoms with Crippen LogP contribution in [0.25, 0.3) is 0 Å². The molecule has 0 aromatic heterocycles. The van der Waals surface area contributed by atoms with Gasteiger partial charge in [-0.3, -0.25) is 29.4 Å². The van der Waals surface area contributed by atoms with Gasteiger partial charge in [0.1, 0.15) is 12.2 Å². The van der Waals surface area contributed by atoms with Gasteiger partial charge in [0.2, 0.25) is 5.91 Å². The van der Waals surface area contributed by atoms with Gasteiger partial charge in [0.15, 0.2) is 0 Å². The lowest BCUT2D eigenvalue weighted by Gasteiger charge is -2.32. The van der Waals surface area contributed by atoms with Gasteiger partial charge in [0.05, 0.1) is 4.92 Å². The molecule has 2 saturated carbocycles. The van der Waals surface area contributed by atoms with Gasteiger partial charge in [0.25, 0.3) is 5.69 Å². The highest BCUT2D eigenvalue weighted by Crippen LogP contribution is 2.50. The van der Waals surface area contributed by atoms with Crippen molar-refractivity contribution in [3.8, 4) is 0 Å². The predicted molar refractivity (Wildman–Crippen MR) is 114 cm³/mol. The molecule has 1 N–H and O–H groups in total. The van der Waals surface area contributed by atoms with Crippen molar-refractivity contribution in [2.75, 3.05) is 11.9 Å². The molecule has 0 radical (unpaired) electrons. The Morgan fingerprint density at radius 2 is 1.91 bits per heavy atom. The number of amides is 5. The fourth-order valence-electron chi connectivity index (χ4n) is 5.53. The van der Waals surface area contributed by atoms with Crippen LogP contribution >= 0.6 is 0 Å². The first-order valence-corrected chi connectivity index (χ1v) is 10.8. The Morgan fingerprint density at radius 1 is 1.19 bits per heavy atom. The van der Waals surface area contributed by atoms with E-state index in [2.05, 4.69) is 5.32 Å². The molecule has 1 saturated heterocycles. The number of rotatable bonds is 6. The normalized spacial score (nSPS) is 25.6. The molecule has 2 bridgehead atoms. The van der Waals surface area contributed by atoms with Crippen LogP contribution in [0.4, 0.5) is 16.2 Å². The average Bonchev–Trinajstić information content (AvgIpc) is 3.42. The lowest BCUT2D eigenvalue weighted by molar-refractivity contribution is -0.384. The molecule has 10 heteroatoms. The molecule has 1 heterocycles. The monoisotopic (exact) mass is 442 g/mol. The number of aryl methyl sites for hydroxylation is 1. The summed E-state index contributed by atoms with van der Waals surface area (Å²) in [5.41, 5.74) is 0.968. The van der Waals surface area contributed by atoms with Gasteiger partial charge in [-0.1, -0.05) is 12.5 Å². The molecule has 1 aromatic carbocycles. The number of hydrogen-bond donors (Lipinski definition) is 1. The van der Waals surface area contributed by atoms with Crippen molar-refractivity contribution >= 4 is 35.1 Å². The van der Waals surface area contributed by atoms with Crippen LogP contribution in [0.5, 0.6) is 0 Å². The van der Waals surface area contributed by atoms with Gasteiger partial charge in [-0.25, -0.2) is 9.69 Å². The minimum atomic E-state index is -1.05. The van der Waals surface area contributed by atoms with Crippen LogP contribution in [0, 0.1) is 41.7 Å². The van der Waals surface area contributed by atoms with Crippen molar-refractivity contribution < 1.29 is 24.1 Å². The van der Waals surface area contributed by atoms with Crippen LogP contribution in [-0.2, 0) is 14.4 Å². The summed E-state index contributed by atoms with van der Waals surface area (Å²) in [6.45, 7) is 4.48. The zero-order chi connectivity index (χ0) is 23.3. The second-order valence-electron chi connectivity index (χ2n) is 9.14. The first kappa shape index (κ1) is 21.9. The SMILES string of the molecule is Cc1ccc([N+](=O)[O-])c(NC(=O)CN2C(=O)C(=O)N(C(C)C3CC4CCC3C4)C2=O)c1C. The van der Waals surface area contributed by atoms with E-state index in [1.807, 2.05) is 0 Å². The number of fused-ring (bicyclic) bond motifs is 2. The molecule has 1 aliphatic heterocycles. The maximum Gasteiger partial charge on any atom is 0.334 e. The Kier molecular flexibility index (Phi) is 5.47. The molecule has 0 spiro atoms. The van der Waals surface area contributed by atoms with E-state index in [0.717, 1.165) is 29.7 Å². The van der Waals surface area contributed by atoms with Crippen molar-refractivity contribution in [1.82, 2.24) is 9.80 Å². The second-order valence-corrected chi connectivity index (χ2v) is 9.14. The fourth-order valence-corrected chi connectivity index (χ4v) is 5.53. The molecular formula is C22H26N4O6. The van der Waals surface area contributed by atoms with Gasteiger partial charge < -0.3 is 5.32 Å². The number of urea groups is 1. The second kappa shape index (κ2) is 7.99. The smallest absolute Gasteiger partial charge is 0.319 e. The molecule has 4 atom stereocenters. The molecule has 4 rings (SSSR count). The number of anilines is 1. The predicted octanol–water partition coefficient (Wildman–Crippen LogP) is 2.77. The maximum absolute atomic E-state index is 12.9. The van der Waals surface area contributed by atoms with E-state index in [4.69, 9.17) is 0 Å². The Labute approximate surface area is 185 Å². The topological polar surface area (TPSA) is 130 Å². The Balaban J connectivity index is 1.49. The third-order valence-corrected chi connectivity index (χ3v) is 7.38. The van der Waals surface area contributed by atoms with Crippen molar-refractivity contribution in [3.63, 3.8) is 0 Å². The van der Waals surface area contributed by atoms with Crippen LogP contribution in [0.1, 0.15) is 43.7 Å². The van der Waals surface area contributed by atoms with Crippen LogP contribution < -0.4 is 5.32 Å². The van der Waals surface area contributed by atoms with E-state index >= 15 is 0 Å². The highest BCUT2D eigenvalue weighted by Gasteiger charge is 2.52. The molecule has 5 amide bonds. The van der Waals surface area contributed by atoms with Gasteiger partial charge in [-0.15, -0.1) is 0 Å². The first-order valence-electron chi connectivity index (χ1n) is 10.8. The van der Waals surface area contributed by atoms with Gasteiger partial charge >= 0.3 is 17.8 Å². The third kappa shape index (κ3) is 3.53. The molecule has 32 heavy (non-hydrogen) atoms. The van der Waals surface area contributed by atoms with E-state index in [0.29, 0.717) is 22.3 Å². The largest absolute Gasteiger partial charge is 0.334 e. The van der Waals surface area contributed by atoms with E-state index in [-0.39, 0.29) is 17.3 Å². The summed E-state index contributed by atoms with van der Waals surface area (Å²) >= 11 is 0. The van der Waals surface area contributed by atoms with Crippen molar-refractivity contribution in [2.45, 2.75) is 52.5 Å². The number of nitrogens with zero attached hydrogens (tertiary/aromatic N) is 3. The molecule has 3 aliphatic rings. The summed E-state index contributed by atoms with van der Waals surface area (Å²) in [5.74, 6) is -1.52. The fraction of sp³-hybridized carbons (Fsp3) is 0.545. The molecule has 170 valence electrons. The number of hydrogen-bond acceptors (Lipinski definition) is 6. The third-order valence-electron chi connectivity index (χ3n) is 7.38.